The van der Waals surface area contributed by atoms with Crippen LogP contribution in [0.3, 0.4) is 0 Å². The van der Waals surface area contributed by atoms with E-state index in [0.29, 0.717) is 36.3 Å². The second-order valence-corrected chi connectivity index (χ2v) is 9.03. The Kier molecular flexibility index (Phi) is 7.12. The van der Waals surface area contributed by atoms with E-state index in [1.807, 2.05) is 64.1 Å². The maximum atomic E-state index is 13.4. The molecule has 0 aliphatic carbocycles. The number of fused-ring (bicyclic) bond motifs is 2. The largest absolute Gasteiger partial charge is 0.379 e. The molecule has 4 rings (SSSR count). The van der Waals surface area contributed by atoms with Gasteiger partial charge < -0.3 is 14.6 Å². The van der Waals surface area contributed by atoms with E-state index in [9.17, 15) is 9.59 Å². The highest BCUT2D eigenvalue weighted by atomic mass is 16.5. The molecule has 1 atom stereocenters. The van der Waals surface area contributed by atoms with Crippen LogP contribution in [0, 0.1) is 12.3 Å². The summed E-state index contributed by atoms with van der Waals surface area (Å²) in [6, 6.07) is 14.5. The summed E-state index contributed by atoms with van der Waals surface area (Å²) in [5, 5.41) is 12.1. The van der Waals surface area contributed by atoms with Crippen molar-refractivity contribution in [2.45, 2.75) is 52.8 Å². The first-order valence-corrected chi connectivity index (χ1v) is 11.8. The van der Waals surface area contributed by atoms with Gasteiger partial charge in [0.05, 0.1) is 23.1 Å². The number of nitrogens with zero attached hydrogens (tertiary/aromatic N) is 3. The molecule has 0 aliphatic rings. The number of aromatic nitrogens is 3. The van der Waals surface area contributed by atoms with Gasteiger partial charge in [0.1, 0.15) is 16.8 Å². The maximum absolute atomic E-state index is 13.4. The minimum atomic E-state index is -0.408. The molecule has 2 N–H and O–H groups in total. The van der Waals surface area contributed by atoms with Gasteiger partial charge in [-0.3, -0.25) is 19.4 Å². The lowest BCUT2D eigenvalue weighted by Gasteiger charge is -2.17. The van der Waals surface area contributed by atoms with Crippen molar-refractivity contribution >= 4 is 22.6 Å². The zero-order valence-corrected chi connectivity index (χ0v) is 20.5. The number of amides is 1. The van der Waals surface area contributed by atoms with Crippen molar-refractivity contribution in [2.24, 2.45) is 0 Å². The number of hydrogen-bond acceptors (Lipinski definition) is 5. The van der Waals surface area contributed by atoms with Crippen LogP contribution in [-0.2, 0) is 11.3 Å². The van der Waals surface area contributed by atoms with Crippen molar-refractivity contribution in [1.82, 2.24) is 19.3 Å². The lowest BCUT2D eigenvalue weighted by molar-refractivity contribution is 0.0748. The Hall–Kier alpha value is -3.78. The fraction of sp³-hybridized carbons (Fsp3) is 0.333. The fourth-order valence-corrected chi connectivity index (χ4v) is 4.07. The molecule has 4 aromatic rings. The summed E-state index contributed by atoms with van der Waals surface area (Å²) in [6.07, 6.45) is 2.44. The average Bonchev–Trinajstić information content (AvgIpc) is 2.83. The Morgan fingerprint density at radius 1 is 1.14 bits per heavy atom. The number of carbonyl (C=O) groups is 1. The molecule has 1 amide bonds. The third-order valence-corrected chi connectivity index (χ3v) is 5.92. The van der Waals surface area contributed by atoms with E-state index >= 15 is 0 Å². The molecule has 0 unspecified atom stereocenters. The first-order chi connectivity index (χ1) is 16.8. The van der Waals surface area contributed by atoms with E-state index in [4.69, 9.17) is 15.1 Å². The number of carbonyl (C=O) groups excluding carboxylic acids is 1. The summed E-state index contributed by atoms with van der Waals surface area (Å²) in [5.41, 5.74) is 2.64. The smallest absolute Gasteiger partial charge is 0.267 e. The van der Waals surface area contributed by atoms with Gasteiger partial charge in [0.15, 0.2) is 0 Å². The van der Waals surface area contributed by atoms with Gasteiger partial charge >= 0.3 is 0 Å². The Balaban J connectivity index is 1.82. The summed E-state index contributed by atoms with van der Waals surface area (Å²) < 4.78 is 8.79. The minimum Gasteiger partial charge on any atom is -0.379 e. The number of aryl methyl sites for hydroxylation is 2. The quantitative estimate of drug-likeness (QED) is 0.301. The van der Waals surface area contributed by atoms with Crippen LogP contribution in [0.2, 0.25) is 0 Å². The highest BCUT2D eigenvalue weighted by Crippen LogP contribution is 2.15. The van der Waals surface area contributed by atoms with E-state index in [2.05, 4.69) is 5.32 Å². The molecule has 0 radical (unpaired) electrons. The number of pyridine rings is 2. The van der Waals surface area contributed by atoms with Crippen LogP contribution in [0.5, 0.6) is 0 Å². The molecular formula is C27H31N5O3. The second-order valence-electron chi connectivity index (χ2n) is 9.03. The van der Waals surface area contributed by atoms with Crippen molar-refractivity contribution in [1.29, 1.82) is 5.41 Å². The number of ether oxygens (including phenoxy) is 1. The molecule has 35 heavy (non-hydrogen) atoms. The topological polar surface area (TPSA) is 101 Å². The summed E-state index contributed by atoms with van der Waals surface area (Å²) in [4.78, 5) is 31.4. The Morgan fingerprint density at radius 2 is 1.89 bits per heavy atom. The van der Waals surface area contributed by atoms with Crippen LogP contribution in [0.4, 0.5) is 0 Å². The van der Waals surface area contributed by atoms with Crippen molar-refractivity contribution < 1.29 is 9.53 Å². The molecule has 0 fully saturated rings. The van der Waals surface area contributed by atoms with Gasteiger partial charge in [0.2, 0.25) is 0 Å². The molecule has 3 heterocycles. The molecule has 1 aromatic carbocycles. The van der Waals surface area contributed by atoms with E-state index in [0.717, 1.165) is 11.1 Å². The third kappa shape index (κ3) is 5.17. The van der Waals surface area contributed by atoms with Gasteiger partial charge in [0, 0.05) is 19.3 Å². The molecule has 3 aromatic heterocycles. The molecule has 0 saturated carbocycles. The van der Waals surface area contributed by atoms with Crippen LogP contribution >= 0.6 is 0 Å². The van der Waals surface area contributed by atoms with Gasteiger partial charge in [-0.25, -0.2) is 4.98 Å². The number of rotatable bonds is 8. The van der Waals surface area contributed by atoms with Crippen LogP contribution in [0.25, 0.3) is 16.7 Å². The average molecular weight is 474 g/mol. The van der Waals surface area contributed by atoms with Gasteiger partial charge in [0.25, 0.3) is 11.5 Å². The van der Waals surface area contributed by atoms with Gasteiger partial charge in [-0.2, -0.15) is 0 Å². The van der Waals surface area contributed by atoms with Gasteiger partial charge in [-0.15, -0.1) is 0 Å². The molecule has 0 saturated heterocycles. The molecule has 0 bridgehead atoms. The minimum absolute atomic E-state index is 0.0168. The normalized spacial score (nSPS) is 12.4. The summed E-state index contributed by atoms with van der Waals surface area (Å²) in [7, 11) is 0. The zero-order chi connectivity index (χ0) is 25.1. The monoisotopic (exact) mass is 473 g/mol. The summed E-state index contributed by atoms with van der Waals surface area (Å²) in [6.45, 7) is 8.62. The van der Waals surface area contributed by atoms with Crippen LogP contribution < -0.4 is 16.4 Å². The first-order valence-electron chi connectivity index (χ1n) is 11.8. The lowest BCUT2D eigenvalue weighted by Crippen LogP contribution is -2.36. The molecule has 8 nitrogen and oxygen atoms in total. The number of hydrogen-bond donors (Lipinski definition) is 2. The van der Waals surface area contributed by atoms with Crippen molar-refractivity contribution in [2.75, 3.05) is 6.61 Å². The molecule has 0 spiro atoms. The molecule has 8 heteroatoms. The van der Waals surface area contributed by atoms with E-state index in [1.165, 1.54) is 10.5 Å². The molecule has 182 valence electrons. The Labute approximate surface area is 203 Å². The maximum Gasteiger partial charge on any atom is 0.267 e. The van der Waals surface area contributed by atoms with Gasteiger partial charge in [-0.1, -0.05) is 36.4 Å². The van der Waals surface area contributed by atoms with E-state index < -0.39 is 5.91 Å². The molecular weight excluding hydrogens is 442 g/mol. The van der Waals surface area contributed by atoms with Crippen molar-refractivity contribution in [3.8, 4) is 0 Å². The highest BCUT2D eigenvalue weighted by Gasteiger charge is 2.19. The highest BCUT2D eigenvalue weighted by molar-refractivity contribution is 5.97. The van der Waals surface area contributed by atoms with Crippen molar-refractivity contribution in [3.05, 3.63) is 87.3 Å². The van der Waals surface area contributed by atoms with E-state index in [1.54, 1.807) is 16.8 Å². The van der Waals surface area contributed by atoms with Crippen LogP contribution in [0.15, 0.2) is 59.5 Å². The van der Waals surface area contributed by atoms with Crippen LogP contribution in [-0.4, -0.2) is 32.6 Å². The van der Waals surface area contributed by atoms with Crippen molar-refractivity contribution in [3.63, 3.8) is 0 Å². The summed E-state index contributed by atoms with van der Waals surface area (Å²) in [5.74, 6) is -0.408. The predicted molar refractivity (Wildman–Crippen MR) is 136 cm³/mol. The fourth-order valence-electron chi connectivity index (χ4n) is 4.07. The Morgan fingerprint density at radius 3 is 2.60 bits per heavy atom. The first kappa shape index (κ1) is 24.3. The SMILES string of the molecule is Cc1ccc2nc3c(cc(C(=O)N[C@H](C)c4ccccc4)c(=N)n3CCCOC(C)C)c(=O)n2c1. The molecule has 0 aliphatic heterocycles. The predicted octanol–water partition coefficient (Wildman–Crippen LogP) is 3.74. The second kappa shape index (κ2) is 10.2. The lowest BCUT2D eigenvalue weighted by atomic mass is 10.1. The van der Waals surface area contributed by atoms with E-state index in [-0.39, 0.29) is 28.8 Å². The van der Waals surface area contributed by atoms with Crippen LogP contribution in [0.1, 0.15) is 54.7 Å². The number of benzene rings is 1. The van der Waals surface area contributed by atoms with Gasteiger partial charge in [-0.05, 0) is 57.4 Å². The summed E-state index contributed by atoms with van der Waals surface area (Å²) >= 11 is 0. The standard InChI is InChI=1S/C27H31N5O3/c1-17(2)35-14-8-13-31-24(28)21(26(33)29-19(4)20-9-6-5-7-10-20)15-22-25(31)30-23-12-11-18(3)16-32(23)27(22)34/h5-7,9-12,15-17,19,28H,8,13-14H2,1-4H3,(H,29,33)/t19-/m1/s1. The Bertz CT molecular complexity index is 1490. The number of nitrogens with one attached hydrogen (secondary N) is 2. The zero-order valence-electron chi connectivity index (χ0n) is 20.5. The third-order valence-electron chi connectivity index (χ3n) is 5.92.